The van der Waals surface area contributed by atoms with Crippen molar-refractivity contribution in [3.63, 3.8) is 0 Å². The zero-order valence-corrected chi connectivity index (χ0v) is 21.0. The molecular weight excluding hydrogens is 555 g/mol. The van der Waals surface area contributed by atoms with E-state index in [0.29, 0.717) is 23.7 Å². The molecule has 0 saturated carbocycles. The molecule has 7 heteroatoms. The highest BCUT2D eigenvalue weighted by molar-refractivity contribution is 14.1. The Morgan fingerprint density at radius 2 is 1.74 bits per heavy atom. The number of halogens is 1. The summed E-state index contributed by atoms with van der Waals surface area (Å²) >= 11 is 2.21. The number of hydrogen-bond acceptors (Lipinski definition) is 5. The van der Waals surface area contributed by atoms with Crippen LogP contribution in [0.15, 0.2) is 94.4 Å². The van der Waals surface area contributed by atoms with Crippen molar-refractivity contribution in [1.29, 1.82) is 0 Å². The number of rotatable bonds is 7. The summed E-state index contributed by atoms with van der Waals surface area (Å²) in [6, 6.07) is 27.4. The molecule has 0 unspecified atom stereocenters. The molecule has 174 valence electrons. The molecule has 0 fully saturated rings. The van der Waals surface area contributed by atoms with E-state index in [4.69, 9.17) is 13.9 Å². The number of hydrogen-bond donors (Lipinski definition) is 1. The summed E-state index contributed by atoms with van der Waals surface area (Å²) in [5.74, 6) is 1.02. The van der Waals surface area contributed by atoms with Crippen LogP contribution in [0.5, 0.6) is 11.5 Å². The summed E-state index contributed by atoms with van der Waals surface area (Å²) in [4.78, 5) is 12.4. The van der Waals surface area contributed by atoms with Crippen LogP contribution >= 0.6 is 22.6 Å². The van der Waals surface area contributed by atoms with E-state index in [0.717, 1.165) is 20.1 Å². The first kappa shape index (κ1) is 22.9. The van der Waals surface area contributed by atoms with Gasteiger partial charge in [0, 0.05) is 5.39 Å². The van der Waals surface area contributed by atoms with Crippen molar-refractivity contribution in [2.45, 2.75) is 6.61 Å². The topological polar surface area (TPSA) is 73.1 Å². The van der Waals surface area contributed by atoms with Gasteiger partial charge in [0.2, 0.25) is 0 Å². The van der Waals surface area contributed by atoms with Gasteiger partial charge in [-0.3, -0.25) is 4.79 Å². The lowest BCUT2D eigenvalue weighted by molar-refractivity contribution is 0.0929. The first-order valence-corrected chi connectivity index (χ1v) is 12.0. The highest BCUT2D eigenvalue weighted by Gasteiger charge is 2.13. The molecule has 1 amide bonds. The molecule has 0 spiro atoms. The molecule has 0 radical (unpaired) electrons. The molecule has 5 aromatic rings. The van der Waals surface area contributed by atoms with Crippen molar-refractivity contribution in [2.24, 2.45) is 5.10 Å². The molecule has 0 aliphatic carbocycles. The minimum Gasteiger partial charge on any atom is -0.493 e. The molecule has 5 rings (SSSR count). The average molecular weight is 576 g/mol. The zero-order chi connectivity index (χ0) is 24.2. The van der Waals surface area contributed by atoms with E-state index < -0.39 is 5.91 Å². The van der Waals surface area contributed by atoms with Crippen molar-refractivity contribution < 1.29 is 18.7 Å². The van der Waals surface area contributed by atoms with Gasteiger partial charge in [-0.05, 0) is 74.8 Å². The molecule has 0 atom stereocenters. The number of methoxy groups -OCH3 is 1. The minimum atomic E-state index is -0.422. The number of nitrogens with one attached hydrogen (secondary N) is 1. The maximum atomic E-state index is 12.4. The van der Waals surface area contributed by atoms with Gasteiger partial charge < -0.3 is 13.9 Å². The Morgan fingerprint density at radius 3 is 2.54 bits per heavy atom. The van der Waals surface area contributed by atoms with Crippen LogP contribution in [-0.4, -0.2) is 19.2 Å². The van der Waals surface area contributed by atoms with E-state index >= 15 is 0 Å². The second-order valence-electron chi connectivity index (χ2n) is 7.85. The lowest BCUT2D eigenvalue weighted by Crippen LogP contribution is -2.16. The number of nitrogens with zero attached hydrogens (tertiary/aromatic N) is 1. The molecule has 1 heterocycles. The van der Waals surface area contributed by atoms with Crippen molar-refractivity contribution in [2.75, 3.05) is 7.11 Å². The quantitative estimate of drug-likeness (QED) is 0.136. The fourth-order valence-corrected chi connectivity index (χ4v) is 4.53. The van der Waals surface area contributed by atoms with Gasteiger partial charge in [-0.1, -0.05) is 54.6 Å². The predicted octanol–water partition coefficient (Wildman–Crippen LogP) is 6.54. The van der Waals surface area contributed by atoms with Crippen LogP contribution in [0.1, 0.15) is 21.7 Å². The van der Waals surface area contributed by atoms with Gasteiger partial charge >= 0.3 is 5.91 Å². The molecule has 1 N–H and O–H groups in total. The molecule has 0 aliphatic rings. The number of carbonyl (C=O) groups is 1. The number of carbonyl (C=O) groups excluding carboxylic acids is 1. The summed E-state index contributed by atoms with van der Waals surface area (Å²) in [6.45, 7) is 0.415. The van der Waals surface area contributed by atoms with Crippen LogP contribution < -0.4 is 14.9 Å². The zero-order valence-electron chi connectivity index (χ0n) is 18.8. The van der Waals surface area contributed by atoms with E-state index in [1.165, 1.54) is 10.8 Å². The van der Waals surface area contributed by atoms with E-state index in [-0.39, 0.29) is 5.76 Å². The number of benzene rings is 4. The second kappa shape index (κ2) is 10.2. The van der Waals surface area contributed by atoms with Crippen molar-refractivity contribution in [3.8, 4) is 11.5 Å². The lowest BCUT2D eigenvalue weighted by atomic mass is 10.1. The van der Waals surface area contributed by atoms with Gasteiger partial charge in [0.25, 0.3) is 0 Å². The third kappa shape index (κ3) is 5.14. The van der Waals surface area contributed by atoms with Crippen LogP contribution in [-0.2, 0) is 6.61 Å². The molecule has 1 aromatic heterocycles. The Hall–Kier alpha value is -3.85. The molecule has 0 aliphatic heterocycles. The van der Waals surface area contributed by atoms with Crippen molar-refractivity contribution in [3.05, 3.63) is 105 Å². The van der Waals surface area contributed by atoms with Crippen molar-refractivity contribution >= 4 is 56.5 Å². The van der Waals surface area contributed by atoms with E-state index in [1.54, 1.807) is 19.4 Å². The average Bonchev–Trinajstić information content (AvgIpc) is 3.32. The summed E-state index contributed by atoms with van der Waals surface area (Å²) in [5, 5.41) is 7.30. The standard InChI is InChI=1S/C28H21IN2O4/c1-33-25-14-19(16-30-31-28(32)26-15-22-8-4-5-9-24(22)35-26)13-23(29)27(25)34-17-18-10-11-20-6-2-3-7-21(20)12-18/h2-16H,17H2,1H3,(H,31,32)/b30-16+. The number of para-hydroxylation sites is 1. The number of amides is 1. The maximum Gasteiger partial charge on any atom is 0.307 e. The third-order valence-electron chi connectivity index (χ3n) is 5.48. The summed E-state index contributed by atoms with van der Waals surface area (Å²) < 4.78 is 18.1. The first-order chi connectivity index (χ1) is 17.1. The Morgan fingerprint density at radius 1 is 0.971 bits per heavy atom. The van der Waals surface area contributed by atoms with E-state index in [1.807, 2.05) is 48.5 Å². The van der Waals surface area contributed by atoms with Gasteiger partial charge in [-0.25, -0.2) is 5.43 Å². The Labute approximate surface area is 215 Å². The smallest absolute Gasteiger partial charge is 0.307 e. The molecule has 4 aromatic carbocycles. The van der Waals surface area contributed by atoms with Gasteiger partial charge in [0.1, 0.15) is 12.2 Å². The van der Waals surface area contributed by atoms with E-state index in [2.05, 4.69) is 63.4 Å². The SMILES string of the molecule is COc1cc(/C=N/NC(=O)c2cc3ccccc3o2)cc(I)c1OCc1ccc2ccccc2c1. The number of fused-ring (bicyclic) bond motifs is 2. The van der Waals surface area contributed by atoms with Crippen LogP contribution in [0.3, 0.4) is 0 Å². The monoisotopic (exact) mass is 576 g/mol. The van der Waals surface area contributed by atoms with Gasteiger partial charge in [0.15, 0.2) is 17.3 Å². The van der Waals surface area contributed by atoms with E-state index in [9.17, 15) is 4.79 Å². The third-order valence-corrected chi connectivity index (χ3v) is 6.28. The van der Waals surface area contributed by atoms with Crippen LogP contribution in [0.4, 0.5) is 0 Å². The van der Waals surface area contributed by atoms with Crippen LogP contribution in [0, 0.1) is 3.57 Å². The number of ether oxygens (including phenoxy) is 2. The van der Waals surface area contributed by atoms with Gasteiger partial charge in [-0.15, -0.1) is 0 Å². The fourth-order valence-electron chi connectivity index (χ4n) is 3.75. The van der Waals surface area contributed by atoms with Crippen LogP contribution in [0.25, 0.3) is 21.7 Å². The minimum absolute atomic E-state index is 0.202. The highest BCUT2D eigenvalue weighted by atomic mass is 127. The Balaban J connectivity index is 1.27. The Kier molecular flexibility index (Phi) is 6.67. The first-order valence-electron chi connectivity index (χ1n) is 10.9. The summed E-state index contributed by atoms with van der Waals surface area (Å²) in [6.07, 6.45) is 1.55. The largest absolute Gasteiger partial charge is 0.493 e. The molecular formula is C28H21IN2O4. The summed E-state index contributed by atoms with van der Waals surface area (Å²) in [5.41, 5.74) is 4.98. The molecule has 35 heavy (non-hydrogen) atoms. The fraction of sp³-hybridized carbons (Fsp3) is 0.0714. The highest BCUT2D eigenvalue weighted by Crippen LogP contribution is 2.34. The van der Waals surface area contributed by atoms with Crippen LogP contribution in [0.2, 0.25) is 0 Å². The normalized spacial score (nSPS) is 11.3. The summed E-state index contributed by atoms with van der Waals surface area (Å²) in [7, 11) is 1.60. The molecule has 6 nitrogen and oxygen atoms in total. The van der Waals surface area contributed by atoms with Crippen molar-refractivity contribution in [1.82, 2.24) is 5.43 Å². The lowest BCUT2D eigenvalue weighted by Gasteiger charge is -2.14. The molecule has 0 bridgehead atoms. The Bertz CT molecular complexity index is 1520. The second-order valence-corrected chi connectivity index (χ2v) is 9.01. The maximum absolute atomic E-state index is 12.4. The van der Waals surface area contributed by atoms with Gasteiger partial charge in [-0.2, -0.15) is 5.10 Å². The number of hydrazone groups is 1. The van der Waals surface area contributed by atoms with Gasteiger partial charge in [0.05, 0.1) is 16.9 Å². The number of furan rings is 1. The predicted molar refractivity (Wildman–Crippen MR) is 145 cm³/mol. The molecule has 0 saturated heterocycles.